The highest BCUT2D eigenvalue weighted by Gasteiger charge is 2.12. The molecule has 0 fully saturated rings. The van der Waals surface area contributed by atoms with Crippen LogP contribution in [0, 0.1) is 11.8 Å². The molecule has 0 aromatic heterocycles. The molecule has 1 aromatic rings. The second-order valence-electron chi connectivity index (χ2n) is 4.78. The summed E-state index contributed by atoms with van der Waals surface area (Å²) in [5, 5.41) is 0. The van der Waals surface area contributed by atoms with Gasteiger partial charge < -0.3 is 14.2 Å². The van der Waals surface area contributed by atoms with Crippen molar-refractivity contribution >= 4 is 0 Å². The van der Waals surface area contributed by atoms with Crippen molar-refractivity contribution in [3.63, 3.8) is 0 Å². The molecule has 0 heterocycles. The molecule has 0 atom stereocenters. The fraction of sp³-hybridized carbons (Fsp3) is 0.421. The van der Waals surface area contributed by atoms with Gasteiger partial charge in [0.05, 0.1) is 21.3 Å². The number of unbranched alkanes of at least 4 members (excludes halogenated alkanes) is 2. The van der Waals surface area contributed by atoms with Crippen molar-refractivity contribution in [2.45, 2.75) is 32.6 Å². The van der Waals surface area contributed by atoms with Crippen LogP contribution in [0.1, 0.15) is 38.2 Å². The molecular formula is C19H24O3. The third-order valence-corrected chi connectivity index (χ3v) is 3.27. The SMILES string of the molecule is C=C=C(C#Cc1cc(OC)c(OC)c(OC)c1)CCCCC. The van der Waals surface area contributed by atoms with Crippen molar-refractivity contribution in [2.24, 2.45) is 0 Å². The Morgan fingerprint density at radius 1 is 1.05 bits per heavy atom. The van der Waals surface area contributed by atoms with Gasteiger partial charge in [-0.1, -0.05) is 38.2 Å². The average Bonchev–Trinajstić information content (AvgIpc) is 2.56. The average molecular weight is 300 g/mol. The van der Waals surface area contributed by atoms with E-state index < -0.39 is 0 Å². The highest BCUT2D eigenvalue weighted by Crippen LogP contribution is 2.37. The van der Waals surface area contributed by atoms with E-state index in [1.807, 2.05) is 12.1 Å². The number of benzene rings is 1. The number of hydrogen-bond acceptors (Lipinski definition) is 3. The molecule has 1 rings (SSSR count). The molecule has 0 aliphatic carbocycles. The molecule has 3 nitrogen and oxygen atoms in total. The molecule has 0 spiro atoms. The van der Waals surface area contributed by atoms with Crippen LogP contribution in [-0.2, 0) is 0 Å². The Morgan fingerprint density at radius 2 is 1.68 bits per heavy atom. The van der Waals surface area contributed by atoms with Crippen LogP contribution < -0.4 is 14.2 Å². The third kappa shape index (κ3) is 4.91. The Balaban J connectivity index is 3.03. The largest absolute Gasteiger partial charge is 0.493 e. The summed E-state index contributed by atoms with van der Waals surface area (Å²) in [7, 11) is 4.76. The van der Waals surface area contributed by atoms with Gasteiger partial charge in [-0.15, -0.1) is 5.73 Å². The number of ether oxygens (including phenoxy) is 3. The van der Waals surface area contributed by atoms with Crippen LogP contribution >= 0.6 is 0 Å². The van der Waals surface area contributed by atoms with E-state index in [4.69, 9.17) is 14.2 Å². The minimum Gasteiger partial charge on any atom is -0.493 e. The zero-order chi connectivity index (χ0) is 16.4. The molecule has 0 saturated carbocycles. The maximum Gasteiger partial charge on any atom is 0.203 e. The molecule has 0 saturated heterocycles. The van der Waals surface area contributed by atoms with Crippen LogP contribution in [0.3, 0.4) is 0 Å². The molecule has 0 N–H and O–H groups in total. The first kappa shape index (κ1) is 17.8. The lowest BCUT2D eigenvalue weighted by Gasteiger charge is -2.12. The van der Waals surface area contributed by atoms with E-state index in [1.54, 1.807) is 21.3 Å². The molecule has 0 radical (unpaired) electrons. The van der Waals surface area contributed by atoms with Crippen molar-refractivity contribution in [3.05, 3.63) is 35.6 Å². The minimum atomic E-state index is 0.568. The fourth-order valence-corrected chi connectivity index (χ4v) is 2.05. The van der Waals surface area contributed by atoms with Crippen LogP contribution in [0.2, 0.25) is 0 Å². The van der Waals surface area contributed by atoms with Gasteiger partial charge in [0.15, 0.2) is 11.5 Å². The molecular weight excluding hydrogens is 276 g/mol. The van der Waals surface area contributed by atoms with Crippen molar-refractivity contribution in [2.75, 3.05) is 21.3 Å². The first-order valence-electron chi connectivity index (χ1n) is 7.41. The number of rotatable bonds is 7. The second kappa shape index (κ2) is 9.60. The predicted octanol–water partition coefficient (Wildman–Crippen LogP) is 4.36. The first-order chi connectivity index (χ1) is 10.7. The first-order valence-corrected chi connectivity index (χ1v) is 7.41. The maximum absolute atomic E-state index is 5.32. The van der Waals surface area contributed by atoms with Gasteiger partial charge >= 0.3 is 0 Å². The fourth-order valence-electron chi connectivity index (χ4n) is 2.05. The third-order valence-electron chi connectivity index (χ3n) is 3.27. The molecule has 0 aliphatic rings. The molecule has 1 aromatic carbocycles. The standard InChI is InChI=1S/C19H24O3/c1-6-8-9-10-15(7-2)11-12-16-13-17(20-3)19(22-5)18(14-16)21-4/h13-14H,2,6,8-10H2,1,3-5H3. The highest BCUT2D eigenvalue weighted by atomic mass is 16.5. The van der Waals surface area contributed by atoms with Gasteiger partial charge in [-0.2, -0.15) is 0 Å². The number of hydrogen-bond donors (Lipinski definition) is 0. The summed E-state index contributed by atoms with van der Waals surface area (Å²) in [4.78, 5) is 0. The molecule has 22 heavy (non-hydrogen) atoms. The molecule has 3 heteroatoms. The van der Waals surface area contributed by atoms with E-state index in [1.165, 1.54) is 12.8 Å². The summed E-state index contributed by atoms with van der Waals surface area (Å²) in [6.07, 6.45) is 4.40. The van der Waals surface area contributed by atoms with Crippen molar-refractivity contribution < 1.29 is 14.2 Å². The highest BCUT2D eigenvalue weighted by molar-refractivity contribution is 5.57. The normalized spacial score (nSPS) is 9.27. The predicted molar refractivity (Wildman–Crippen MR) is 89.8 cm³/mol. The van der Waals surface area contributed by atoms with Gasteiger partial charge in [0.25, 0.3) is 0 Å². The number of methoxy groups -OCH3 is 3. The molecule has 0 aliphatic heterocycles. The topological polar surface area (TPSA) is 27.7 Å². The van der Waals surface area contributed by atoms with Gasteiger partial charge in [-0.05, 0) is 25.0 Å². The molecule has 0 unspecified atom stereocenters. The zero-order valence-corrected chi connectivity index (χ0v) is 13.9. The van der Waals surface area contributed by atoms with Crippen molar-refractivity contribution in [3.8, 4) is 29.1 Å². The Hall–Kier alpha value is -2.30. The summed E-state index contributed by atoms with van der Waals surface area (Å²) in [5.74, 6) is 8.01. The lowest BCUT2D eigenvalue weighted by Crippen LogP contribution is -1.95. The van der Waals surface area contributed by atoms with Gasteiger partial charge in [0, 0.05) is 11.1 Å². The molecule has 118 valence electrons. The van der Waals surface area contributed by atoms with Crippen molar-refractivity contribution in [1.29, 1.82) is 0 Å². The van der Waals surface area contributed by atoms with Crippen LogP contribution in [0.15, 0.2) is 30.0 Å². The van der Waals surface area contributed by atoms with E-state index in [-0.39, 0.29) is 0 Å². The quantitative estimate of drug-likeness (QED) is 0.425. The van der Waals surface area contributed by atoms with Crippen LogP contribution in [0.25, 0.3) is 0 Å². The van der Waals surface area contributed by atoms with Crippen LogP contribution in [-0.4, -0.2) is 21.3 Å². The maximum atomic E-state index is 5.32. The molecule has 0 bridgehead atoms. The Morgan fingerprint density at radius 3 is 2.14 bits per heavy atom. The summed E-state index contributed by atoms with van der Waals surface area (Å²) in [6.45, 7) is 5.89. The lowest BCUT2D eigenvalue weighted by atomic mass is 10.1. The summed E-state index contributed by atoms with van der Waals surface area (Å²) in [5.41, 5.74) is 4.65. The Kier molecular flexibility index (Phi) is 7.75. The van der Waals surface area contributed by atoms with E-state index in [0.29, 0.717) is 17.2 Å². The lowest BCUT2D eigenvalue weighted by molar-refractivity contribution is 0.324. The summed E-state index contributed by atoms with van der Waals surface area (Å²) >= 11 is 0. The number of allylic oxidation sites excluding steroid dienone is 1. The monoisotopic (exact) mass is 300 g/mol. The minimum absolute atomic E-state index is 0.568. The van der Waals surface area contributed by atoms with Crippen LogP contribution in [0.4, 0.5) is 0 Å². The van der Waals surface area contributed by atoms with E-state index >= 15 is 0 Å². The smallest absolute Gasteiger partial charge is 0.203 e. The van der Waals surface area contributed by atoms with Gasteiger partial charge in [0.1, 0.15) is 0 Å². The van der Waals surface area contributed by atoms with Gasteiger partial charge in [-0.3, -0.25) is 0 Å². The van der Waals surface area contributed by atoms with E-state index in [9.17, 15) is 0 Å². The molecule has 0 amide bonds. The Bertz CT molecular complexity index is 574. The van der Waals surface area contributed by atoms with Gasteiger partial charge in [0.2, 0.25) is 5.75 Å². The summed E-state index contributed by atoms with van der Waals surface area (Å²) in [6, 6.07) is 3.67. The van der Waals surface area contributed by atoms with E-state index in [0.717, 1.165) is 24.0 Å². The Labute approximate surface area is 133 Å². The zero-order valence-electron chi connectivity index (χ0n) is 13.9. The second-order valence-corrected chi connectivity index (χ2v) is 4.78. The van der Waals surface area contributed by atoms with E-state index in [2.05, 4.69) is 31.1 Å². The van der Waals surface area contributed by atoms with Crippen molar-refractivity contribution in [1.82, 2.24) is 0 Å². The summed E-state index contributed by atoms with van der Waals surface area (Å²) < 4.78 is 15.9. The van der Waals surface area contributed by atoms with Crippen LogP contribution in [0.5, 0.6) is 17.2 Å². The van der Waals surface area contributed by atoms with Gasteiger partial charge in [-0.25, -0.2) is 0 Å².